The zero-order valence-corrected chi connectivity index (χ0v) is 16.2. The number of likely N-dealkylation sites (N-methyl/N-ethyl adjacent to an activating group) is 1. The number of hydrogen-bond acceptors (Lipinski definition) is 4. The molecule has 5 nitrogen and oxygen atoms in total. The molecule has 0 aromatic carbocycles. The van der Waals surface area contributed by atoms with Gasteiger partial charge in [-0.25, -0.2) is 12.7 Å². The third-order valence-corrected chi connectivity index (χ3v) is 8.79. The van der Waals surface area contributed by atoms with E-state index in [1.54, 1.807) is 0 Å². The number of alkyl halides is 3. The van der Waals surface area contributed by atoms with E-state index in [1.165, 1.54) is 4.31 Å². The van der Waals surface area contributed by atoms with Crippen molar-refractivity contribution in [1.82, 2.24) is 14.1 Å². The van der Waals surface area contributed by atoms with Gasteiger partial charge >= 0.3 is 6.18 Å². The molecule has 2 aliphatic heterocycles. The molecule has 0 aromatic heterocycles. The van der Waals surface area contributed by atoms with E-state index in [2.05, 4.69) is 16.8 Å². The molecule has 3 fully saturated rings. The molecule has 0 N–H and O–H groups in total. The lowest BCUT2D eigenvalue weighted by Gasteiger charge is -2.42. The summed E-state index contributed by atoms with van der Waals surface area (Å²) in [6.45, 7) is 5.13. The van der Waals surface area contributed by atoms with Crippen molar-refractivity contribution in [1.29, 1.82) is 0 Å². The number of halogens is 3. The zero-order chi connectivity index (χ0) is 18.9. The Morgan fingerprint density at radius 2 is 1.35 bits per heavy atom. The maximum absolute atomic E-state index is 12.8. The fraction of sp³-hybridized carbons (Fsp3) is 1.00. The molecule has 3 rings (SSSR count). The molecule has 9 heteroatoms. The fourth-order valence-corrected chi connectivity index (χ4v) is 6.56. The van der Waals surface area contributed by atoms with Crippen LogP contribution >= 0.6 is 0 Å². The Hall–Kier alpha value is -0.380. The van der Waals surface area contributed by atoms with Gasteiger partial charge in [0.05, 0.1) is 11.2 Å². The first-order valence-electron chi connectivity index (χ1n) is 9.66. The number of piperazine rings is 1. The zero-order valence-electron chi connectivity index (χ0n) is 15.4. The van der Waals surface area contributed by atoms with E-state index in [1.807, 2.05) is 0 Å². The van der Waals surface area contributed by atoms with E-state index >= 15 is 0 Å². The molecule has 0 atom stereocenters. The summed E-state index contributed by atoms with van der Waals surface area (Å²) in [6.07, 6.45) is -2.43. The summed E-state index contributed by atoms with van der Waals surface area (Å²) in [6, 6.07) is 0.427. The van der Waals surface area contributed by atoms with Crippen molar-refractivity contribution >= 4 is 10.0 Å². The summed E-state index contributed by atoms with van der Waals surface area (Å²) in [4.78, 5) is 4.76. The average Bonchev–Trinajstić information content (AvgIpc) is 2.62. The van der Waals surface area contributed by atoms with E-state index < -0.39 is 27.4 Å². The van der Waals surface area contributed by atoms with Crippen LogP contribution < -0.4 is 0 Å². The molecule has 3 aliphatic rings. The van der Waals surface area contributed by atoms with Crippen LogP contribution in [-0.4, -0.2) is 86.3 Å². The molecule has 26 heavy (non-hydrogen) atoms. The Kier molecular flexibility index (Phi) is 6.21. The first kappa shape index (κ1) is 20.4. The lowest BCUT2D eigenvalue weighted by molar-refractivity contribution is -0.181. The second-order valence-electron chi connectivity index (χ2n) is 8.03. The van der Waals surface area contributed by atoms with Crippen molar-refractivity contribution in [2.75, 3.05) is 46.3 Å². The predicted molar refractivity (Wildman–Crippen MR) is 94.4 cm³/mol. The van der Waals surface area contributed by atoms with Gasteiger partial charge in [-0.1, -0.05) is 0 Å². The van der Waals surface area contributed by atoms with E-state index in [4.69, 9.17) is 0 Å². The highest BCUT2D eigenvalue weighted by atomic mass is 32.2. The van der Waals surface area contributed by atoms with Crippen molar-refractivity contribution in [2.45, 2.75) is 56.0 Å². The highest BCUT2D eigenvalue weighted by molar-refractivity contribution is 7.89. The van der Waals surface area contributed by atoms with Gasteiger partial charge in [-0.15, -0.1) is 0 Å². The van der Waals surface area contributed by atoms with E-state index in [9.17, 15) is 21.6 Å². The van der Waals surface area contributed by atoms with Gasteiger partial charge in [-0.3, -0.25) is 4.90 Å². The Bertz CT molecular complexity index is 560. The van der Waals surface area contributed by atoms with Crippen molar-refractivity contribution in [3.05, 3.63) is 0 Å². The Balaban J connectivity index is 1.50. The van der Waals surface area contributed by atoms with Crippen LogP contribution in [0.5, 0.6) is 0 Å². The normalized spacial score (nSPS) is 32.0. The molecule has 2 heterocycles. The molecular formula is C17H30F3N3O2S. The molecule has 0 aromatic rings. The van der Waals surface area contributed by atoms with E-state index in [-0.39, 0.29) is 25.7 Å². The van der Waals surface area contributed by atoms with Gasteiger partial charge in [0.2, 0.25) is 10.0 Å². The molecule has 1 saturated carbocycles. The summed E-state index contributed by atoms with van der Waals surface area (Å²) >= 11 is 0. The average molecular weight is 398 g/mol. The minimum atomic E-state index is -4.20. The highest BCUT2D eigenvalue weighted by Gasteiger charge is 2.45. The molecule has 0 radical (unpaired) electrons. The first-order valence-corrected chi connectivity index (χ1v) is 11.2. The molecule has 0 amide bonds. The highest BCUT2D eigenvalue weighted by Crippen LogP contribution is 2.40. The summed E-state index contributed by atoms with van der Waals surface area (Å²) in [5.74, 6) is -1.34. The first-order chi connectivity index (χ1) is 12.2. The second-order valence-corrected chi connectivity index (χ2v) is 10.2. The number of nitrogens with zero attached hydrogens (tertiary/aromatic N) is 3. The number of hydrogen-bond donors (Lipinski definition) is 0. The molecule has 2 saturated heterocycles. The Morgan fingerprint density at radius 3 is 1.85 bits per heavy atom. The number of rotatable bonds is 3. The van der Waals surface area contributed by atoms with Crippen LogP contribution in [0.15, 0.2) is 0 Å². The predicted octanol–water partition coefficient (Wildman–Crippen LogP) is 2.15. The van der Waals surface area contributed by atoms with Crippen LogP contribution in [0.2, 0.25) is 0 Å². The maximum atomic E-state index is 12.8. The SMILES string of the molecule is CN1CCN(C2CCN(S(=O)(=O)C3CCC(C(F)(F)F)CC3)CC2)CC1. The van der Waals surface area contributed by atoms with Crippen LogP contribution in [0, 0.1) is 5.92 Å². The minimum Gasteiger partial charge on any atom is -0.304 e. The summed E-state index contributed by atoms with van der Waals surface area (Å²) < 4.78 is 65.6. The van der Waals surface area contributed by atoms with Gasteiger partial charge in [-0.2, -0.15) is 13.2 Å². The fourth-order valence-electron chi connectivity index (χ4n) is 4.55. The van der Waals surface area contributed by atoms with Gasteiger partial charge in [0.1, 0.15) is 0 Å². The van der Waals surface area contributed by atoms with Crippen molar-refractivity contribution in [2.24, 2.45) is 5.92 Å². The molecule has 152 valence electrons. The van der Waals surface area contributed by atoms with Gasteiger partial charge in [0, 0.05) is 45.3 Å². The lowest BCUT2D eigenvalue weighted by Crippen LogP contribution is -2.53. The number of sulfonamides is 1. The second kappa shape index (κ2) is 7.93. The third kappa shape index (κ3) is 4.54. The van der Waals surface area contributed by atoms with E-state index in [0.29, 0.717) is 19.1 Å². The standard InChI is InChI=1S/C17H30F3N3O2S/c1-21-10-12-22(13-11-21)15-6-8-23(9-7-15)26(24,25)16-4-2-14(3-5-16)17(18,19)20/h14-16H,2-13H2,1H3. The van der Waals surface area contributed by atoms with Gasteiger partial charge < -0.3 is 4.90 Å². The molecule has 0 bridgehead atoms. The van der Waals surface area contributed by atoms with Gasteiger partial charge in [-0.05, 0) is 45.6 Å². The van der Waals surface area contributed by atoms with Crippen LogP contribution in [0.4, 0.5) is 13.2 Å². The van der Waals surface area contributed by atoms with Crippen molar-refractivity contribution in [3.63, 3.8) is 0 Å². The topological polar surface area (TPSA) is 43.9 Å². The maximum Gasteiger partial charge on any atom is 0.391 e. The quantitative estimate of drug-likeness (QED) is 0.732. The summed E-state index contributed by atoms with van der Waals surface area (Å²) in [5.41, 5.74) is 0. The van der Waals surface area contributed by atoms with Gasteiger partial charge in [0.25, 0.3) is 0 Å². The molecule has 0 unspecified atom stereocenters. The Morgan fingerprint density at radius 1 is 0.808 bits per heavy atom. The van der Waals surface area contributed by atoms with E-state index in [0.717, 1.165) is 39.0 Å². The lowest BCUT2D eigenvalue weighted by atomic mass is 9.88. The largest absolute Gasteiger partial charge is 0.391 e. The molecular weight excluding hydrogens is 367 g/mol. The minimum absolute atomic E-state index is 0.0643. The molecule has 0 spiro atoms. The molecule has 1 aliphatic carbocycles. The Labute approximate surface area is 154 Å². The number of piperidine rings is 1. The third-order valence-electron chi connectivity index (χ3n) is 6.40. The van der Waals surface area contributed by atoms with Crippen molar-refractivity contribution < 1.29 is 21.6 Å². The van der Waals surface area contributed by atoms with Crippen molar-refractivity contribution in [3.8, 4) is 0 Å². The monoisotopic (exact) mass is 397 g/mol. The van der Waals surface area contributed by atoms with Crippen LogP contribution in [0.25, 0.3) is 0 Å². The smallest absolute Gasteiger partial charge is 0.304 e. The summed E-state index contributed by atoms with van der Waals surface area (Å²) in [7, 11) is -1.37. The van der Waals surface area contributed by atoms with Crippen LogP contribution in [-0.2, 0) is 10.0 Å². The van der Waals surface area contributed by atoms with Crippen LogP contribution in [0.1, 0.15) is 38.5 Å². The van der Waals surface area contributed by atoms with Crippen LogP contribution in [0.3, 0.4) is 0 Å². The summed E-state index contributed by atoms with van der Waals surface area (Å²) in [5, 5.41) is -0.638. The van der Waals surface area contributed by atoms with Gasteiger partial charge in [0.15, 0.2) is 0 Å².